The number of hydrogen-bond acceptors (Lipinski definition) is 1. The summed E-state index contributed by atoms with van der Waals surface area (Å²) in [5.41, 5.74) is 4.33. The smallest absolute Gasteiger partial charge is 0.0465 e. The summed E-state index contributed by atoms with van der Waals surface area (Å²) in [5, 5.41) is 3.66. The molecule has 1 nitrogen and oxygen atoms in total. The summed E-state index contributed by atoms with van der Waals surface area (Å²) in [6, 6.07) is 6.58. The van der Waals surface area contributed by atoms with Gasteiger partial charge in [-0.15, -0.1) is 11.6 Å². The van der Waals surface area contributed by atoms with Gasteiger partial charge >= 0.3 is 0 Å². The Hall–Kier alpha value is -0.530. The zero-order valence-electron chi connectivity index (χ0n) is 12.3. The van der Waals surface area contributed by atoms with Gasteiger partial charge in [-0.3, -0.25) is 0 Å². The van der Waals surface area contributed by atoms with E-state index in [2.05, 4.69) is 58.1 Å². The van der Waals surface area contributed by atoms with Crippen LogP contribution in [0, 0.1) is 19.3 Å². The van der Waals surface area contributed by atoms with Crippen LogP contribution in [0.5, 0.6) is 0 Å². The fourth-order valence-electron chi connectivity index (χ4n) is 2.09. The lowest BCUT2D eigenvalue weighted by Crippen LogP contribution is -2.26. The van der Waals surface area contributed by atoms with Crippen LogP contribution in [0.15, 0.2) is 18.2 Å². The van der Waals surface area contributed by atoms with Crippen LogP contribution < -0.4 is 5.32 Å². The Bertz CT molecular complexity index is 379. The van der Waals surface area contributed by atoms with E-state index in [0.29, 0.717) is 5.41 Å². The van der Waals surface area contributed by atoms with E-state index in [-0.39, 0.29) is 5.38 Å². The van der Waals surface area contributed by atoms with Crippen LogP contribution >= 0.6 is 11.6 Å². The van der Waals surface area contributed by atoms with Gasteiger partial charge in [-0.05, 0) is 36.8 Å². The van der Waals surface area contributed by atoms with E-state index < -0.39 is 0 Å². The topological polar surface area (TPSA) is 12.0 Å². The lowest BCUT2D eigenvalue weighted by Gasteiger charge is -2.22. The second-order valence-corrected chi connectivity index (χ2v) is 7.04. The van der Waals surface area contributed by atoms with Gasteiger partial charge in [-0.1, -0.05) is 44.5 Å². The highest BCUT2D eigenvalue weighted by Gasteiger charge is 2.16. The third-order valence-electron chi connectivity index (χ3n) is 3.02. The van der Waals surface area contributed by atoms with Crippen molar-refractivity contribution in [2.45, 2.75) is 53.0 Å². The Morgan fingerprint density at radius 2 is 1.89 bits per heavy atom. The molecule has 0 radical (unpaired) electrons. The molecule has 1 aromatic rings. The Morgan fingerprint density at radius 1 is 1.22 bits per heavy atom. The van der Waals surface area contributed by atoms with Crippen LogP contribution in [0.3, 0.4) is 0 Å². The minimum absolute atomic E-state index is 0.204. The first-order valence-corrected chi connectivity index (χ1v) is 7.12. The van der Waals surface area contributed by atoms with Gasteiger partial charge in [0.05, 0.1) is 0 Å². The molecule has 0 bridgehead atoms. The highest BCUT2D eigenvalue weighted by Crippen LogP contribution is 2.23. The molecule has 0 aliphatic rings. The van der Waals surface area contributed by atoms with Crippen molar-refractivity contribution in [2.24, 2.45) is 5.41 Å². The summed E-state index contributed by atoms with van der Waals surface area (Å²) < 4.78 is 0. The third-order valence-corrected chi connectivity index (χ3v) is 3.33. The lowest BCUT2D eigenvalue weighted by atomic mass is 9.90. The first-order chi connectivity index (χ1) is 8.28. The minimum Gasteiger partial charge on any atom is -0.311 e. The minimum atomic E-state index is 0.204. The second kappa shape index (κ2) is 6.58. The van der Waals surface area contributed by atoms with Crippen LogP contribution in [0.25, 0.3) is 0 Å². The molecule has 0 amide bonds. The molecular formula is C16H26ClN. The predicted octanol–water partition coefficient (Wildman–Crippen LogP) is 4.44. The van der Waals surface area contributed by atoms with Crippen molar-refractivity contribution < 1.29 is 0 Å². The lowest BCUT2D eigenvalue weighted by molar-refractivity contribution is 0.364. The Labute approximate surface area is 117 Å². The molecule has 18 heavy (non-hydrogen) atoms. The maximum atomic E-state index is 6.34. The zero-order valence-corrected chi connectivity index (χ0v) is 13.1. The van der Waals surface area contributed by atoms with E-state index in [9.17, 15) is 0 Å². The van der Waals surface area contributed by atoms with Crippen molar-refractivity contribution in [3.8, 4) is 0 Å². The molecule has 0 aliphatic carbocycles. The van der Waals surface area contributed by atoms with Crippen molar-refractivity contribution in [1.29, 1.82) is 0 Å². The van der Waals surface area contributed by atoms with Gasteiger partial charge in [0.1, 0.15) is 0 Å². The number of alkyl halides is 1. The Kier molecular flexibility index (Phi) is 5.68. The largest absolute Gasteiger partial charge is 0.311 e. The maximum absolute atomic E-state index is 6.34. The van der Waals surface area contributed by atoms with Gasteiger partial charge in [-0.2, -0.15) is 0 Å². The molecule has 0 saturated heterocycles. The highest BCUT2D eigenvalue weighted by molar-refractivity contribution is 6.20. The van der Waals surface area contributed by atoms with E-state index in [0.717, 1.165) is 19.5 Å². The summed E-state index contributed by atoms with van der Waals surface area (Å²) >= 11 is 6.34. The van der Waals surface area contributed by atoms with Crippen LogP contribution in [0.4, 0.5) is 0 Å². The average Bonchev–Trinajstić information content (AvgIpc) is 2.20. The molecule has 0 aliphatic heterocycles. The van der Waals surface area contributed by atoms with Crippen LogP contribution in [0.2, 0.25) is 0 Å². The molecule has 1 atom stereocenters. The van der Waals surface area contributed by atoms with E-state index in [4.69, 9.17) is 11.6 Å². The summed E-state index contributed by atoms with van der Waals surface area (Å²) in [4.78, 5) is 0. The summed E-state index contributed by atoms with van der Waals surface area (Å²) in [6.07, 6.45) is 1.04. The van der Waals surface area contributed by atoms with Gasteiger partial charge in [0, 0.05) is 18.5 Å². The predicted molar refractivity (Wildman–Crippen MR) is 81.3 cm³/mol. The third kappa shape index (κ3) is 5.88. The fraction of sp³-hybridized carbons (Fsp3) is 0.625. The first-order valence-electron chi connectivity index (χ1n) is 6.69. The van der Waals surface area contributed by atoms with Crippen molar-refractivity contribution >= 4 is 11.6 Å². The van der Waals surface area contributed by atoms with Gasteiger partial charge in [-0.25, -0.2) is 0 Å². The molecule has 0 aromatic heterocycles. The van der Waals surface area contributed by atoms with Crippen molar-refractivity contribution in [1.82, 2.24) is 5.32 Å². The number of nitrogens with one attached hydrogen (secondary N) is 1. The quantitative estimate of drug-likeness (QED) is 0.778. The van der Waals surface area contributed by atoms with Crippen LogP contribution in [0.1, 0.15) is 43.9 Å². The van der Waals surface area contributed by atoms with E-state index in [1.165, 1.54) is 16.7 Å². The van der Waals surface area contributed by atoms with Gasteiger partial charge in [0.2, 0.25) is 0 Å². The second-order valence-electron chi connectivity index (χ2n) is 6.42. The number of halogens is 1. The van der Waals surface area contributed by atoms with Crippen molar-refractivity contribution in [2.75, 3.05) is 6.54 Å². The number of benzene rings is 1. The van der Waals surface area contributed by atoms with Gasteiger partial charge < -0.3 is 5.32 Å². The number of rotatable bonds is 5. The van der Waals surface area contributed by atoms with Crippen LogP contribution in [-0.2, 0) is 6.54 Å². The standard InChI is InChI=1S/C16H26ClN/c1-12-6-7-13(2)14(8-12)10-18-11-15(17)9-16(3,4)5/h6-8,15,18H,9-11H2,1-5H3. The molecule has 1 N–H and O–H groups in total. The number of hydrogen-bond donors (Lipinski definition) is 1. The summed E-state index contributed by atoms with van der Waals surface area (Å²) in [7, 11) is 0. The highest BCUT2D eigenvalue weighted by atomic mass is 35.5. The van der Waals surface area contributed by atoms with Crippen molar-refractivity contribution in [3.63, 3.8) is 0 Å². The van der Waals surface area contributed by atoms with Crippen molar-refractivity contribution in [3.05, 3.63) is 34.9 Å². The summed E-state index contributed by atoms with van der Waals surface area (Å²) in [5.74, 6) is 0. The van der Waals surface area contributed by atoms with E-state index in [1.54, 1.807) is 0 Å². The monoisotopic (exact) mass is 267 g/mol. The number of aryl methyl sites for hydroxylation is 2. The molecule has 0 spiro atoms. The molecular weight excluding hydrogens is 242 g/mol. The fourth-order valence-corrected chi connectivity index (χ4v) is 2.66. The molecule has 0 heterocycles. The molecule has 0 saturated carbocycles. The normalized spacial score (nSPS) is 13.7. The first kappa shape index (κ1) is 15.5. The maximum Gasteiger partial charge on any atom is 0.0465 e. The van der Waals surface area contributed by atoms with Gasteiger partial charge in [0.15, 0.2) is 0 Å². The van der Waals surface area contributed by atoms with E-state index in [1.807, 2.05) is 0 Å². The molecule has 2 heteroatoms. The van der Waals surface area contributed by atoms with Gasteiger partial charge in [0.25, 0.3) is 0 Å². The summed E-state index contributed by atoms with van der Waals surface area (Å²) in [6.45, 7) is 12.7. The van der Waals surface area contributed by atoms with Crippen LogP contribution in [-0.4, -0.2) is 11.9 Å². The Balaban J connectivity index is 2.40. The van der Waals surface area contributed by atoms with E-state index >= 15 is 0 Å². The Morgan fingerprint density at radius 3 is 2.50 bits per heavy atom. The molecule has 1 unspecified atom stereocenters. The molecule has 1 aromatic carbocycles. The molecule has 1 rings (SSSR count). The average molecular weight is 268 g/mol. The molecule has 102 valence electrons. The molecule has 0 fully saturated rings. The zero-order chi connectivity index (χ0) is 13.8. The SMILES string of the molecule is Cc1ccc(C)c(CNCC(Cl)CC(C)(C)C)c1.